The lowest BCUT2D eigenvalue weighted by molar-refractivity contribution is 0.281. The SMILES string of the molecule is CCCCCCCC(C)CCCCCCO. The van der Waals surface area contributed by atoms with E-state index < -0.39 is 0 Å². The molecule has 0 aliphatic rings. The molecular weight excluding hydrogens is 196 g/mol. The molecule has 0 spiro atoms. The fraction of sp³-hybridized carbons (Fsp3) is 1.00. The first-order valence-electron chi connectivity index (χ1n) is 7.42. The van der Waals surface area contributed by atoms with Gasteiger partial charge in [-0.15, -0.1) is 0 Å². The molecule has 0 bridgehead atoms. The third kappa shape index (κ3) is 12.0. The Kier molecular flexibility index (Phi) is 13.0. The smallest absolute Gasteiger partial charge is 0.0431 e. The lowest BCUT2D eigenvalue weighted by Crippen LogP contribution is -1.95. The molecule has 0 aromatic heterocycles. The van der Waals surface area contributed by atoms with Crippen LogP contribution >= 0.6 is 0 Å². The van der Waals surface area contributed by atoms with E-state index in [1.165, 1.54) is 64.2 Å². The van der Waals surface area contributed by atoms with E-state index in [-0.39, 0.29) is 0 Å². The van der Waals surface area contributed by atoms with Crippen LogP contribution in [0.2, 0.25) is 0 Å². The van der Waals surface area contributed by atoms with E-state index in [0.29, 0.717) is 6.61 Å². The second kappa shape index (κ2) is 13.0. The van der Waals surface area contributed by atoms with Gasteiger partial charge in [0.1, 0.15) is 0 Å². The van der Waals surface area contributed by atoms with Gasteiger partial charge in [-0.1, -0.05) is 78.1 Å². The van der Waals surface area contributed by atoms with Crippen LogP contribution in [0, 0.1) is 5.92 Å². The Morgan fingerprint density at radius 2 is 1.25 bits per heavy atom. The van der Waals surface area contributed by atoms with E-state index >= 15 is 0 Å². The van der Waals surface area contributed by atoms with Gasteiger partial charge in [-0.3, -0.25) is 0 Å². The van der Waals surface area contributed by atoms with E-state index in [9.17, 15) is 0 Å². The van der Waals surface area contributed by atoms with E-state index in [1.807, 2.05) is 0 Å². The molecule has 1 heteroatoms. The van der Waals surface area contributed by atoms with Crippen LogP contribution in [-0.4, -0.2) is 11.7 Å². The van der Waals surface area contributed by atoms with E-state index in [1.54, 1.807) is 0 Å². The largest absolute Gasteiger partial charge is 0.396 e. The number of aliphatic hydroxyl groups is 1. The van der Waals surface area contributed by atoms with E-state index in [2.05, 4.69) is 13.8 Å². The summed E-state index contributed by atoms with van der Waals surface area (Å²) in [5.41, 5.74) is 0. The molecule has 1 atom stereocenters. The summed E-state index contributed by atoms with van der Waals surface area (Å²) in [6.07, 6.45) is 14.7. The molecule has 0 heterocycles. The van der Waals surface area contributed by atoms with Crippen molar-refractivity contribution in [2.45, 2.75) is 84.5 Å². The van der Waals surface area contributed by atoms with Crippen LogP contribution in [0.3, 0.4) is 0 Å². The Balaban J connectivity index is 3.09. The summed E-state index contributed by atoms with van der Waals surface area (Å²) >= 11 is 0. The van der Waals surface area contributed by atoms with Gasteiger partial charge in [0.25, 0.3) is 0 Å². The Bertz CT molecular complexity index is 109. The van der Waals surface area contributed by atoms with Crippen LogP contribution in [0.15, 0.2) is 0 Å². The minimum absolute atomic E-state index is 0.368. The first kappa shape index (κ1) is 16.0. The lowest BCUT2D eigenvalue weighted by atomic mass is 9.96. The molecule has 1 nitrogen and oxygen atoms in total. The molecule has 0 aromatic rings. The Hall–Kier alpha value is -0.0400. The van der Waals surface area contributed by atoms with Crippen molar-refractivity contribution >= 4 is 0 Å². The van der Waals surface area contributed by atoms with Crippen LogP contribution in [0.4, 0.5) is 0 Å². The maximum Gasteiger partial charge on any atom is 0.0431 e. The highest BCUT2D eigenvalue weighted by atomic mass is 16.2. The van der Waals surface area contributed by atoms with Gasteiger partial charge in [-0.2, -0.15) is 0 Å². The molecule has 0 aliphatic carbocycles. The van der Waals surface area contributed by atoms with Crippen molar-refractivity contribution in [3.05, 3.63) is 0 Å². The average Bonchev–Trinajstić information content (AvgIpc) is 2.28. The number of hydrogen-bond acceptors (Lipinski definition) is 1. The number of rotatable bonds is 12. The summed E-state index contributed by atoms with van der Waals surface area (Å²) in [5, 5.41) is 8.66. The molecule has 98 valence electrons. The highest BCUT2D eigenvalue weighted by molar-refractivity contribution is 4.55. The molecule has 0 aliphatic heterocycles. The molecule has 0 saturated heterocycles. The Labute approximate surface area is 103 Å². The Morgan fingerprint density at radius 3 is 1.75 bits per heavy atom. The van der Waals surface area contributed by atoms with Crippen LogP contribution in [0.5, 0.6) is 0 Å². The predicted molar refractivity (Wildman–Crippen MR) is 72.7 cm³/mol. The Morgan fingerprint density at radius 1 is 0.750 bits per heavy atom. The van der Waals surface area contributed by atoms with Crippen molar-refractivity contribution in [3.8, 4) is 0 Å². The first-order chi connectivity index (χ1) is 7.81. The van der Waals surface area contributed by atoms with Gasteiger partial charge < -0.3 is 5.11 Å². The number of unbranched alkanes of at least 4 members (excludes halogenated alkanes) is 7. The second-order valence-electron chi connectivity index (χ2n) is 5.23. The van der Waals surface area contributed by atoms with Crippen molar-refractivity contribution < 1.29 is 5.11 Å². The number of hydrogen-bond donors (Lipinski definition) is 1. The standard InChI is InChI=1S/C15H32O/c1-3-4-5-6-9-12-15(2)13-10-7-8-11-14-16/h15-16H,3-14H2,1-2H3. The second-order valence-corrected chi connectivity index (χ2v) is 5.23. The van der Waals surface area contributed by atoms with E-state index in [0.717, 1.165) is 12.3 Å². The summed E-state index contributed by atoms with van der Waals surface area (Å²) in [5.74, 6) is 0.913. The van der Waals surface area contributed by atoms with E-state index in [4.69, 9.17) is 5.11 Å². The van der Waals surface area contributed by atoms with Gasteiger partial charge in [0.2, 0.25) is 0 Å². The van der Waals surface area contributed by atoms with Crippen LogP contribution in [0.25, 0.3) is 0 Å². The van der Waals surface area contributed by atoms with Gasteiger partial charge in [-0.25, -0.2) is 0 Å². The third-order valence-corrected chi connectivity index (χ3v) is 3.41. The zero-order valence-electron chi connectivity index (χ0n) is 11.5. The van der Waals surface area contributed by atoms with Gasteiger partial charge in [-0.05, 0) is 12.3 Å². The zero-order valence-corrected chi connectivity index (χ0v) is 11.5. The van der Waals surface area contributed by atoms with Crippen molar-refractivity contribution in [1.29, 1.82) is 0 Å². The highest BCUT2D eigenvalue weighted by Gasteiger charge is 2.01. The fourth-order valence-electron chi connectivity index (χ4n) is 2.20. The summed E-state index contributed by atoms with van der Waals surface area (Å²) in [6, 6.07) is 0. The fourth-order valence-corrected chi connectivity index (χ4v) is 2.20. The average molecular weight is 228 g/mol. The molecule has 0 rings (SSSR count). The zero-order chi connectivity index (χ0) is 12.1. The van der Waals surface area contributed by atoms with Crippen LogP contribution < -0.4 is 0 Å². The molecule has 0 radical (unpaired) electrons. The first-order valence-corrected chi connectivity index (χ1v) is 7.42. The normalized spacial score (nSPS) is 12.9. The van der Waals surface area contributed by atoms with Gasteiger partial charge in [0.15, 0.2) is 0 Å². The van der Waals surface area contributed by atoms with Crippen LogP contribution in [0.1, 0.15) is 84.5 Å². The summed E-state index contributed by atoms with van der Waals surface area (Å²) in [4.78, 5) is 0. The molecule has 1 N–H and O–H groups in total. The number of aliphatic hydroxyl groups excluding tert-OH is 1. The molecule has 0 saturated carbocycles. The van der Waals surface area contributed by atoms with Gasteiger partial charge >= 0.3 is 0 Å². The van der Waals surface area contributed by atoms with Crippen molar-refractivity contribution in [3.63, 3.8) is 0 Å². The summed E-state index contributed by atoms with van der Waals surface area (Å²) < 4.78 is 0. The third-order valence-electron chi connectivity index (χ3n) is 3.41. The van der Waals surface area contributed by atoms with Crippen LogP contribution in [-0.2, 0) is 0 Å². The monoisotopic (exact) mass is 228 g/mol. The summed E-state index contributed by atoms with van der Waals surface area (Å²) in [6.45, 7) is 5.04. The molecule has 0 aromatic carbocycles. The van der Waals surface area contributed by atoms with Gasteiger partial charge in [0.05, 0.1) is 0 Å². The predicted octanol–water partition coefficient (Wildman–Crippen LogP) is 4.93. The molecule has 16 heavy (non-hydrogen) atoms. The maximum absolute atomic E-state index is 8.66. The minimum atomic E-state index is 0.368. The summed E-state index contributed by atoms with van der Waals surface area (Å²) in [7, 11) is 0. The van der Waals surface area contributed by atoms with Crippen molar-refractivity contribution in [2.24, 2.45) is 5.92 Å². The minimum Gasteiger partial charge on any atom is -0.396 e. The van der Waals surface area contributed by atoms with Crippen molar-refractivity contribution in [1.82, 2.24) is 0 Å². The highest BCUT2D eigenvalue weighted by Crippen LogP contribution is 2.17. The maximum atomic E-state index is 8.66. The molecule has 0 fully saturated rings. The lowest BCUT2D eigenvalue weighted by Gasteiger charge is -2.10. The topological polar surface area (TPSA) is 20.2 Å². The molecule has 1 unspecified atom stereocenters. The molecule has 0 amide bonds. The molecular formula is C15H32O. The van der Waals surface area contributed by atoms with Gasteiger partial charge in [0, 0.05) is 6.61 Å². The van der Waals surface area contributed by atoms with Crippen molar-refractivity contribution in [2.75, 3.05) is 6.61 Å². The quantitative estimate of drug-likeness (QED) is 0.470.